The van der Waals surface area contributed by atoms with Crippen molar-refractivity contribution in [3.8, 4) is 0 Å². The van der Waals surface area contributed by atoms with Gasteiger partial charge in [-0.15, -0.1) is 0 Å². The number of hydrogen-bond donors (Lipinski definition) is 0. The highest BCUT2D eigenvalue weighted by Crippen LogP contribution is 2.25. The van der Waals surface area contributed by atoms with E-state index in [1.807, 2.05) is 17.9 Å². The number of hydrogen-bond acceptors (Lipinski definition) is 2. The van der Waals surface area contributed by atoms with Crippen LogP contribution in [0.1, 0.15) is 67.2 Å². The zero-order valence-corrected chi connectivity index (χ0v) is 15.9. The van der Waals surface area contributed by atoms with Crippen LogP contribution in [0, 0.1) is 13.8 Å². The van der Waals surface area contributed by atoms with Crippen LogP contribution in [0.3, 0.4) is 0 Å². The van der Waals surface area contributed by atoms with Gasteiger partial charge in [-0.2, -0.15) is 0 Å². The summed E-state index contributed by atoms with van der Waals surface area (Å²) in [5, 5.41) is 0. The van der Waals surface area contributed by atoms with Gasteiger partial charge in [-0.3, -0.25) is 9.59 Å². The van der Waals surface area contributed by atoms with Crippen molar-refractivity contribution in [3.05, 3.63) is 23.0 Å². The number of piperidine rings is 1. The number of nitrogens with zero attached hydrogens (tertiary/aromatic N) is 3. The highest BCUT2D eigenvalue weighted by molar-refractivity contribution is 5.96. The van der Waals surface area contributed by atoms with Crippen LogP contribution >= 0.6 is 0 Å². The molecule has 3 heterocycles. The third-order valence-corrected chi connectivity index (χ3v) is 5.91. The van der Waals surface area contributed by atoms with E-state index in [1.165, 1.54) is 6.42 Å². The smallest absolute Gasteiger partial charge is 0.255 e. The maximum Gasteiger partial charge on any atom is 0.255 e. The van der Waals surface area contributed by atoms with Gasteiger partial charge in [-0.25, -0.2) is 0 Å². The van der Waals surface area contributed by atoms with E-state index in [0.717, 1.165) is 68.8 Å². The minimum atomic E-state index is 0.172. The molecule has 1 aromatic rings. The molecule has 5 heteroatoms. The largest absolute Gasteiger partial charge is 0.349 e. The van der Waals surface area contributed by atoms with Crippen molar-refractivity contribution in [2.75, 3.05) is 19.6 Å². The first-order valence-corrected chi connectivity index (χ1v) is 9.78. The number of likely N-dealkylation sites (tertiary alicyclic amines) is 2. The van der Waals surface area contributed by atoms with Crippen LogP contribution in [0.4, 0.5) is 0 Å². The second-order valence-electron chi connectivity index (χ2n) is 7.45. The minimum Gasteiger partial charge on any atom is -0.349 e. The van der Waals surface area contributed by atoms with Crippen LogP contribution in [0.5, 0.6) is 0 Å². The van der Waals surface area contributed by atoms with Gasteiger partial charge in [0.25, 0.3) is 5.91 Å². The molecular weight excluding hydrogens is 314 g/mol. The summed E-state index contributed by atoms with van der Waals surface area (Å²) in [5.41, 5.74) is 3.08. The lowest BCUT2D eigenvalue weighted by molar-refractivity contribution is -0.127. The first kappa shape index (κ1) is 18.0. The molecule has 0 spiro atoms. The fraction of sp³-hybridized carbons (Fsp3) is 0.700. The average molecular weight is 345 g/mol. The van der Waals surface area contributed by atoms with Crippen LogP contribution in [0.2, 0.25) is 0 Å². The van der Waals surface area contributed by atoms with Gasteiger partial charge in [-0.05, 0) is 58.9 Å². The molecule has 0 radical (unpaired) electrons. The van der Waals surface area contributed by atoms with Crippen molar-refractivity contribution >= 4 is 11.8 Å². The highest BCUT2D eigenvalue weighted by Gasteiger charge is 2.30. The predicted molar refractivity (Wildman–Crippen MR) is 98.7 cm³/mol. The van der Waals surface area contributed by atoms with Crippen LogP contribution in [-0.4, -0.2) is 51.9 Å². The lowest BCUT2D eigenvalue weighted by atomic mass is 9.98. The Balaban J connectivity index is 1.71. The van der Waals surface area contributed by atoms with Crippen LogP contribution in [-0.2, 0) is 11.3 Å². The van der Waals surface area contributed by atoms with E-state index in [1.54, 1.807) is 0 Å². The zero-order valence-electron chi connectivity index (χ0n) is 15.9. The Morgan fingerprint density at radius 1 is 1.20 bits per heavy atom. The molecule has 2 aliphatic heterocycles. The standard InChI is InChI=1S/C20H31N3O2/c1-4-22-15(2)14-18(16(22)3)20(25)23-12-6-5-8-17(23)10-13-21-11-7-9-19(21)24/h14,17H,4-13H2,1-3H3/t17-/m1/s1. The van der Waals surface area contributed by atoms with Crippen LogP contribution < -0.4 is 0 Å². The monoisotopic (exact) mass is 345 g/mol. The summed E-state index contributed by atoms with van der Waals surface area (Å²) in [5.74, 6) is 0.449. The molecule has 0 N–H and O–H groups in total. The van der Waals surface area contributed by atoms with Gasteiger partial charge in [0, 0.05) is 50.0 Å². The molecule has 25 heavy (non-hydrogen) atoms. The van der Waals surface area contributed by atoms with Gasteiger partial charge in [0.2, 0.25) is 5.91 Å². The molecule has 0 aliphatic carbocycles. The summed E-state index contributed by atoms with van der Waals surface area (Å²) in [6, 6.07) is 2.30. The zero-order chi connectivity index (χ0) is 18.0. The van der Waals surface area contributed by atoms with Crippen molar-refractivity contribution in [3.63, 3.8) is 0 Å². The molecule has 1 atom stereocenters. The molecule has 2 fully saturated rings. The maximum absolute atomic E-state index is 13.2. The molecule has 0 saturated carbocycles. The minimum absolute atomic E-state index is 0.172. The lowest BCUT2D eigenvalue weighted by Gasteiger charge is -2.36. The fourth-order valence-electron chi connectivity index (χ4n) is 4.47. The molecule has 1 aromatic heterocycles. The second-order valence-corrected chi connectivity index (χ2v) is 7.45. The Kier molecular flexibility index (Phi) is 5.50. The molecular formula is C20H31N3O2. The van der Waals surface area contributed by atoms with Crippen molar-refractivity contribution in [2.45, 2.75) is 71.9 Å². The summed E-state index contributed by atoms with van der Waals surface area (Å²) in [6.07, 6.45) is 5.89. The summed E-state index contributed by atoms with van der Waals surface area (Å²) in [6.45, 7) is 9.65. The average Bonchev–Trinajstić information content (AvgIpc) is 3.15. The molecule has 2 saturated heterocycles. The summed E-state index contributed by atoms with van der Waals surface area (Å²) in [7, 11) is 0. The van der Waals surface area contributed by atoms with Gasteiger partial charge >= 0.3 is 0 Å². The quantitative estimate of drug-likeness (QED) is 0.823. The fourth-order valence-corrected chi connectivity index (χ4v) is 4.47. The first-order chi connectivity index (χ1) is 12.0. The predicted octanol–water partition coefficient (Wildman–Crippen LogP) is 3.13. The third kappa shape index (κ3) is 3.60. The Bertz CT molecular complexity index is 650. The number of carbonyl (C=O) groups excluding carboxylic acids is 2. The molecule has 2 aliphatic rings. The van der Waals surface area contributed by atoms with E-state index in [0.29, 0.717) is 6.42 Å². The molecule has 0 bridgehead atoms. The second kappa shape index (κ2) is 7.63. The maximum atomic E-state index is 13.2. The van der Waals surface area contributed by atoms with Crippen molar-refractivity contribution in [1.82, 2.24) is 14.4 Å². The van der Waals surface area contributed by atoms with E-state index >= 15 is 0 Å². The summed E-state index contributed by atoms with van der Waals surface area (Å²) in [4.78, 5) is 29.1. The summed E-state index contributed by atoms with van der Waals surface area (Å²) >= 11 is 0. The molecule has 0 aromatic carbocycles. The molecule has 5 nitrogen and oxygen atoms in total. The molecule has 2 amide bonds. The first-order valence-electron chi connectivity index (χ1n) is 9.78. The number of rotatable bonds is 5. The molecule has 138 valence electrons. The van der Waals surface area contributed by atoms with Gasteiger partial charge < -0.3 is 14.4 Å². The molecule has 3 rings (SSSR count). The van der Waals surface area contributed by atoms with Crippen molar-refractivity contribution in [2.24, 2.45) is 0 Å². The van der Waals surface area contributed by atoms with Gasteiger partial charge in [0.05, 0.1) is 5.56 Å². The lowest BCUT2D eigenvalue weighted by Crippen LogP contribution is -2.45. The number of aryl methyl sites for hydroxylation is 1. The summed E-state index contributed by atoms with van der Waals surface area (Å²) < 4.78 is 2.20. The van der Waals surface area contributed by atoms with Gasteiger partial charge in [-0.1, -0.05) is 0 Å². The van der Waals surface area contributed by atoms with Gasteiger partial charge in [0.15, 0.2) is 0 Å². The van der Waals surface area contributed by atoms with E-state index < -0.39 is 0 Å². The Morgan fingerprint density at radius 3 is 2.64 bits per heavy atom. The van der Waals surface area contributed by atoms with E-state index in [2.05, 4.69) is 23.3 Å². The van der Waals surface area contributed by atoms with E-state index in [-0.39, 0.29) is 17.9 Å². The molecule has 0 unspecified atom stereocenters. The van der Waals surface area contributed by atoms with Crippen LogP contribution in [0.15, 0.2) is 6.07 Å². The number of aromatic nitrogens is 1. The normalized spacial score (nSPS) is 21.2. The van der Waals surface area contributed by atoms with Crippen LogP contribution in [0.25, 0.3) is 0 Å². The van der Waals surface area contributed by atoms with Crippen molar-refractivity contribution in [1.29, 1.82) is 0 Å². The highest BCUT2D eigenvalue weighted by atomic mass is 16.2. The van der Waals surface area contributed by atoms with E-state index in [4.69, 9.17) is 0 Å². The SMILES string of the molecule is CCn1c(C)cc(C(=O)N2CCCC[C@@H]2CCN2CCCC2=O)c1C. The Labute approximate surface area is 151 Å². The number of amides is 2. The van der Waals surface area contributed by atoms with Crippen molar-refractivity contribution < 1.29 is 9.59 Å². The third-order valence-electron chi connectivity index (χ3n) is 5.91. The Hall–Kier alpha value is -1.78. The van der Waals surface area contributed by atoms with Gasteiger partial charge in [0.1, 0.15) is 0 Å². The van der Waals surface area contributed by atoms with E-state index in [9.17, 15) is 9.59 Å². The Morgan fingerprint density at radius 2 is 2.00 bits per heavy atom. The topological polar surface area (TPSA) is 45.6 Å². The number of carbonyl (C=O) groups is 2.